The van der Waals surface area contributed by atoms with Crippen LogP contribution in [0, 0.1) is 5.92 Å². The molecule has 1 aromatic carbocycles. The van der Waals surface area contributed by atoms with Crippen LogP contribution in [0.15, 0.2) is 22.7 Å². The van der Waals surface area contributed by atoms with E-state index < -0.39 is 0 Å². The molecule has 0 amide bonds. The smallest absolute Gasteiger partial charge is 0.259 e. The van der Waals surface area contributed by atoms with Crippen molar-refractivity contribution in [3.05, 3.63) is 29.0 Å². The lowest BCUT2D eigenvalue weighted by molar-refractivity contribution is 0.421. The number of hydrogen-bond donors (Lipinski definition) is 1. The van der Waals surface area contributed by atoms with Crippen molar-refractivity contribution in [2.45, 2.75) is 19.3 Å². The third-order valence-corrected chi connectivity index (χ3v) is 3.19. The van der Waals surface area contributed by atoms with Crippen molar-refractivity contribution in [3.8, 4) is 11.5 Å². The van der Waals surface area contributed by atoms with E-state index in [0.29, 0.717) is 22.2 Å². The van der Waals surface area contributed by atoms with Crippen molar-refractivity contribution >= 4 is 17.3 Å². The van der Waals surface area contributed by atoms with E-state index >= 15 is 0 Å². The van der Waals surface area contributed by atoms with Crippen molar-refractivity contribution in [2.24, 2.45) is 5.92 Å². The van der Waals surface area contributed by atoms with E-state index in [4.69, 9.17) is 21.9 Å². The summed E-state index contributed by atoms with van der Waals surface area (Å²) in [7, 11) is 0. The first-order valence-corrected chi connectivity index (χ1v) is 5.98. The zero-order chi connectivity index (χ0) is 11.8. The molecule has 88 valence electrons. The molecule has 1 aromatic heterocycles. The molecule has 5 heteroatoms. The topological polar surface area (TPSA) is 64.9 Å². The van der Waals surface area contributed by atoms with Crippen LogP contribution in [0.1, 0.15) is 18.7 Å². The fourth-order valence-corrected chi connectivity index (χ4v) is 1.93. The Morgan fingerprint density at radius 1 is 1.41 bits per heavy atom. The molecule has 1 fully saturated rings. The minimum Gasteiger partial charge on any atom is -0.399 e. The Kier molecular flexibility index (Phi) is 2.52. The molecule has 0 aliphatic heterocycles. The largest absolute Gasteiger partial charge is 0.399 e. The summed E-state index contributed by atoms with van der Waals surface area (Å²) in [6.07, 6.45) is 3.43. The molecule has 1 aliphatic carbocycles. The normalized spacial score (nSPS) is 15.1. The first-order chi connectivity index (χ1) is 8.22. The van der Waals surface area contributed by atoms with Crippen LogP contribution in [0.5, 0.6) is 0 Å². The maximum Gasteiger partial charge on any atom is 0.259 e. The van der Waals surface area contributed by atoms with Crippen molar-refractivity contribution in [1.29, 1.82) is 0 Å². The van der Waals surface area contributed by atoms with E-state index in [1.54, 1.807) is 18.2 Å². The Labute approximate surface area is 104 Å². The molecule has 0 radical (unpaired) electrons. The lowest BCUT2D eigenvalue weighted by Crippen LogP contribution is -1.90. The minimum atomic E-state index is 0.443. The van der Waals surface area contributed by atoms with Gasteiger partial charge in [-0.05, 0) is 37.0 Å². The highest BCUT2D eigenvalue weighted by molar-refractivity contribution is 6.33. The van der Waals surface area contributed by atoms with E-state index in [-0.39, 0.29) is 0 Å². The fourth-order valence-electron chi connectivity index (χ4n) is 1.73. The summed E-state index contributed by atoms with van der Waals surface area (Å²) in [5, 5.41) is 4.53. The highest BCUT2D eigenvalue weighted by Gasteiger charge is 2.24. The number of nitrogen functional groups attached to an aromatic ring is 1. The van der Waals surface area contributed by atoms with Gasteiger partial charge in [-0.15, -0.1) is 0 Å². The van der Waals surface area contributed by atoms with Gasteiger partial charge in [0.05, 0.1) is 10.6 Å². The molecule has 2 aromatic rings. The number of nitrogens with two attached hydrogens (primary N) is 1. The molecule has 1 aliphatic rings. The Morgan fingerprint density at radius 3 is 3.00 bits per heavy atom. The molecule has 3 rings (SSSR count). The summed E-state index contributed by atoms with van der Waals surface area (Å²) in [5.74, 6) is 1.93. The molecule has 2 N–H and O–H groups in total. The molecule has 1 saturated carbocycles. The molecule has 0 spiro atoms. The highest BCUT2D eigenvalue weighted by atomic mass is 35.5. The third-order valence-electron chi connectivity index (χ3n) is 2.86. The van der Waals surface area contributed by atoms with Crippen LogP contribution in [-0.2, 0) is 6.42 Å². The lowest BCUT2D eigenvalue weighted by atomic mass is 10.2. The summed E-state index contributed by atoms with van der Waals surface area (Å²) in [6, 6.07) is 5.22. The molecule has 17 heavy (non-hydrogen) atoms. The number of rotatable bonds is 3. The number of aromatic nitrogens is 2. The summed E-state index contributed by atoms with van der Waals surface area (Å²) < 4.78 is 5.21. The molecular weight excluding hydrogens is 238 g/mol. The van der Waals surface area contributed by atoms with E-state index in [0.717, 1.165) is 18.2 Å². The van der Waals surface area contributed by atoms with Gasteiger partial charge >= 0.3 is 0 Å². The predicted octanol–water partition coefficient (Wildman–Crippen LogP) is 2.92. The predicted molar refractivity (Wildman–Crippen MR) is 65.6 cm³/mol. The first kappa shape index (κ1) is 10.6. The monoisotopic (exact) mass is 249 g/mol. The maximum atomic E-state index is 6.07. The Balaban J connectivity index is 1.91. The van der Waals surface area contributed by atoms with Crippen LogP contribution in [-0.4, -0.2) is 10.1 Å². The molecule has 1 heterocycles. The number of anilines is 1. The number of halogens is 1. The van der Waals surface area contributed by atoms with Crippen molar-refractivity contribution in [3.63, 3.8) is 0 Å². The van der Waals surface area contributed by atoms with Gasteiger partial charge in [0.25, 0.3) is 5.89 Å². The second-order valence-electron chi connectivity index (χ2n) is 4.40. The van der Waals surface area contributed by atoms with Gasteiger partial charge in [0.2, 0.25) is 0 Å². The zero-order valence-corrected chi connectivity index (χ0v) is 9.94. The molecule has 0 saturated heterocycles. The number of hydrogen-bond acceptors (Lipinski definition) is 4. The molecule has 0 atom stereocenters. The van der Waals surface area contributed by atoms with E-state index in [9.17, 15) is 0 Å². The van der Waals surface area contributed by atoms with Crippen LogP contribution in [0.3, 0.4) is 0 Å². The van der Waals surface area contributed by atoms with Crippen molar-refractivity contribution < 1.29 is 4.52 Å². The average Bonchev–Trinajstić information content (AvgIpc) is 2.99. The highest BCUT2D eigenvalue weighted by Crippen LogP contribution is 2.33. The molecule has 0 unspecified atom stereocenters. The SMILES string of the molecule is Nc1ccc(Cl)c(-c2nc(CC3CC3)no2)c1. The lowest BCUT2D eigenvalue weighted by Gasteiger charge is -1.99. The zero-order valence-electron chi connectivity index (χ0n) is 9.19. The maximum absolute atomic E-state index is 6.07. The summed E-state index contributed by atoms with van der Waals surface area (Å²) in [6.45, 7) is 0. The molecular formula is C12H12ClN3O. The summed E-state index contributed by atoms with van der Waals surface area (Å²) >= 11 is 6.07. The first-order valence-electron chi connectivity index (χ1n) is 5.60. The Hall–Kier alpha value is -1.55. The standard InChI is InChI=1S/C12H12ClN3O/c13-10-4-3-8(14)6-9(10)12-15-11(16-17-12)5-7-1-2-7/h3-4,6-7H,1-2,5,14H2. The number of benzene rings is 1. The molecule has 0 bridgehead atoms. The average molecular weight is 250 g/mol. The Bertz CT molecular complexity index is 548. The number of nitrogens with zero attached hydrogens (tertiary/aromatic N) is 2. The summed E-state index contributed by atoms with van der Waals surface area (Å²) in [5.41, 5.74) is 7.04. The van der Waals surface area contributed by atoms with Crippen LogP contribution >= 0.6 is 11.6 Å². The van der Waals surface area contributed by atoms with Gasteiger partial charge in [0.1, 0.15) is 0 Å². The van der Waals surface area contributed by atoms with Gasteiger partial charge < -0.3 is 10.3 Å². The second-order valence-corrected chi connectivity index (χ2v) is 4.81. The van der Waals surface area contributed by atoms with E-state index in [1.165, 1.54) is 12.8 Å². The fraction of sp³-hybridized carbons (Fsp3) is 0.333. The van der Waals surface area contributed by atoms with E-state index in [1.807, 2.05) is 0 Å². The summed E-state index contributed by atoms with van der Waals surface area (Å²) in [4.78, 5) is 4.34. The van der Waals surface area contributed by atoms with E-state index in [2.05, 4.69) is 10.1 Å². The van der Waals surface area contributed by atoms with Gasteiger partial charge in [-0.25, -0.2) is 0 Å². The Morgan fingerprint density at radius 2 is 2.24 bits per heavy atom. The van der Waals surface area contributed by atoms with Crippen LogP contribution in [0.25, 0.3) is 11.5 Å². The van der Waals surface area contributed by atoms with Gasteiger partial charge in [-0.1, -0.05) is 16.8 Å². The van der Waals surface area contributed by atoms with Gasteiger partial charge in [-0.3, -0.25) is 0 Å². The van der Waals surface area contributed by atoms with Gasteiger partial charge in [0.15, 0.2) is 5.82 Å². The third kappa shape index (κ3) is 2.26. The quantitative estimate of drug-likeness (QED) is 0.850. The van der Waals surface area contributed by atoms with Crippen LogP contribution in [0.4, 0.5) is 5.69 Å². The van der Waals surface area contributed by atoms with Gasteiger partial charge in [0, 0.05) is 12.1 Å². The van der Waals surface area contributed by atoms with Gasteiger partial charge in [-0.2, -0.15) is 4.98 Å². The molecule has 4 nitrogen and oxygen atoms in total. The van der Waals surface area contributed by atoms with Crippen molar-refractivity contribution in [2.75, 3.05) is 5.73 Å². The van der Waals surface area contributed by atoms with Crippen LogP contribution < -0.4 is 5.73 Å². The van der Waals surface area contributed by atoms with Crippen LogP contribution in [0.2, 0.25) is 5.02 Å². The minimum absolute atomic E-state index is 0.443. The van der Waals surface area contributed by atoms with Crippen molar-refractivity contribution in [1.82, 2.24) is 10.1 Å². The second kappa shape index (κ2) is 4.04.